The lowest BCUT2D eigenvalue weighted by molar-refractivity contribution is 0.0936. The number of carbonyl (C=O) groups is 1. The number of nitrogens with zero attached hydrogens (tertiary/aromatic N) is 1. The first-order valence-electron chi connectivity index (χ1n) is 5.83. The number of hydrogen-bond donors (Lipinski definition) is 3. The van der Waals surface area contributed by atoms with Crippen molar-refractivity contribution in [3.63, 3.8) is 0 Å². The second-order valence-electron chi connectivity index (χ2n) is 4.08. The van der Waals surface area contributed by atoms with Crippen molar-refractivity contribution >= 4 is 27.7 Å². The van der Waals surface area contributed by atoms with E-state index in [1.165, 1.54) is 0 Å². The van der Waals surface area contributed by atoms with Gasteiger partial charge in [0.15, 0.2) is 5.84 Å². The molecule has 0 fully saturated rings. The number of carbonyl (C=O) groups excluding carboxylic acids is 1. The molecule has 0 aromatic heterocycles. The van der Waals surface area contributed by atoms with Crippen molar-refractivity contribution in [3.8, 4) is 0 Å². The van der Waals surface area contributed by atoms with Crippen LogP contribution in [-0.2, 0) is 0 Å². The van der Waals surface area contributed by atoms with E-state index >= 15 is 0 Å². The Kier molecular flexibility index (Phi) is 5.87. The van der Waals surface area contributed by atoms with Gasteiger partial charge in [0, 0.05) is 4.47 Å². The van der Waals surface area contributed by atoms with Crippen LogP contribution in [0.15, 0.2) is 21.8 Å². The third kappa shape index (κ3) is 3.89. The smallest absolute Gasteiger partial charge is 0.257 e. The molecule has 0 saturated heterocycles. The van der Waals surface area contributed by atoms with E-state index in [-0.39, 0.29) is 10.3 Å². The second-order valence-corrected chi connectivity index (χ2v) is 5.00. The highest BCUT2D eigenvalue weighted by molar-refractivity contribution is 9.10. The molecule has 4 N–H and O–H groups in total. The van der Waals surface area contributed by atoms with Crippen molar-refractivity contribution in [2.45, 2.75) is 25.8 Å². The number of rotatable bonds is 5. The van der Waals surface area contributed by atoms with Gasteiger partial charge in [0.2, 0.25) is 0 Å². The van der Waals surface area contributed by atoms with E-state index in [1.54, 1.807) is 0 Å². The van der Waals surface area contributed by atoms with Gasteiger partial charge in [0.05, 0.1) is 6.04 Å². The molecule has 0 heterocycles. The Hall–Kier alpha value is -1.70. The van der Waals surface area contributed by atoms with Gasteiger partial charge in [-0.25, -0.2) is 8.78 Å². The summed E-state index contributed by atoms with van der Waals surface area (Å²) in [6.45, 7) is 1.82. The molecular formula is C12H14BrF2N3O2. The van der Waals surface area contributed by atoms with E-state index in [0.29, 0.717) is 12.8 Å². The molecule has 8 heteroatoms. The van der Waals surface area contributed by atoms with Gasteiger partial charge in [0.1, 0.15) is 17.2 Å². The predicted octanol–water partition coefficient (Wildman–Crippen LogP) is 2.37. The van der Waals surface area contributed by atoms with Gasteiger partial charge in [-0.15, -0.1) is 0 Å². The Labute approximate surface area is 123 Å². The van der Waals surface area contributed by atoms with Gasteiger partial charge in [-0.2, -0.15) is 0 Å². The molecule has 110 valence electrons. The highest BCUT2D eigenvalue weighted by Crippen LogP contribution is 2.19. The quantitative estimate of drug-likeness (QED) is 0.330. The summed E-state index contributed by atoms with van der Waals surface area (Å²) < 4.78 is 27.5. The van der Waals surface area contributed by atoms with Gasteiger partial charge < -0.3 is 16.3 Å². The summed E-state index contributed by atoms with van der Waals surface area (Å²) in [5, 5.41) is 13.8. The Morgan fingerprint density at radius 3 is 2.50 bits per heavy atom. The van der Waals surface area contributed by atoms with Crippen molar-refractivity contribution in [3.05, 3.63) is 33.8 Å². The number of nitrogens with one attached hydrogen (secondary N) is 1. The number of benzene rings is 1. The minimum Gasteiger partial charge on any atom is -0.409 e. The van der Waals surface area contributed by atoms with E-state index in [4.69, 9.17) is 10.9 Å². The summed E-state index contributed by atoms with van der Waals surface area (Å²) in [6, 6.07) is 1.17. The summed E-state index contributed by atoms with van der Waals surface area (Å²) in [7, 11) is 0. The highest BCUT2D eigenvalue weighted by Gasteiger charge is 2.22. The largest absolute Gasteiger partial charge is 0.409 e. The van der Waals surface area contributed by atoms with E-state index in [9.17, 15) is 13.6 Å². The molecule has 0 bridgehead atoms. The third-order valence-corrected chi connectivity index (χ3v) is 3.05. The van der Waals surface area contributed by atoms with Gasteiger partial charge in [-0.05, 0) is 18.6 Å². The fourth-order valence-corrected chi connectivity index (χ4v) is 2.04. The molecule has 1 atom stereocenters. The van der Waals surface area contributed by atoms with Crippen LogP contribution in [0, 0.1) is 11.6 Å². The maximum atomic E-state index is 13.6. The maximum Gasteiger partial charge on any atom is 0.257 e. The molecular weight excluding hydrogens is 336 g/mol. The third-order valence-electron chi connectivity index (χ3n) is 2.59. The SMILES string of the molecule is CCCC(NC(=O)c1c(F)cc(Br)cc1F)C(N)=NO. The maximum absolute atomic E-state index is 13.6. The number of amidine groups is 1. The van der Waals surface area contributed by atoms with E-state index in [0.717, 1.165) is 12.1 Å². The Morgan fingerprint density at radius 1 is 1.50 bits per heavy atom. The van der Waals surface area contributed by atoms with Gasteiger partial charge >= 0.3 is 0 Å². The Balaban J connectivity index is 3.01. The lowest BCUT2D eigenvalue weighted by atomic mass is 10.1. The lowest BCUT2D eigenvalue weighted by Crippen LogP contribution is -2.45. The first-order valence-corrected chi connectivity index (χ1v) is 6.62. The van der Waals surface area contributed by atoms with Gasteiger partial charge in [0.25, 0.3) is 5.91 Å². The number of amides is 1. The first-order chi connectivity index (χ1) is 9.40. The van der Waals surface area contributed by atoms with Crippen LogP contribution in [0.3, 0.4) is 0 Å². The molecule has 0 aliphatic carbocycles. The van der Waals surface area contributed by atoms with Crippen molar-refractivity contribution in [2.75, 3.05) is 0 Å². The molecule has 5 nitrogen and oxygen atoms in total. The zero-order valence-corrected chi connectivity index (χ0v) is 12.2. The zero-order chi connectivity index (χ0) is 15.3. The van der Waals surface area contributed by atoms with Crippen LogP contribution in [-0.4, -0.2) is 23.0 Å². The van der Waals surface area contributed by atoms with Crippen LogP contribution in [0.5, 0.6) is 0 Å². The number of nitrogens with two attached hydrogens (primary N) is 1. The summed E-state index contributed by atoms with van der Waals surface area (Å²) in [5.74, 6) is -3.18. The molecule has 20 heavy (non-hydrogen) atoms. The van der Waals surface area contributed by atoms with Gasteiger partial charge in [-0.3, -0.25) is 4.79 Å². The second kappa shape index (κ2) is 7.18. The molecule has 1 rings (SSSR count). The number of halogens is 3. The minimum atomic E-state index is -0.996. The van der Waals surface area contributed by atoms with Crippen LogP contribution in [0.1, 0.15) is 30.1 Å². The van der Waals surface area contributed by atoms with E-state index in [2.05, 4.69) is 26.4 Å². The summed E-state index contributed by atoms with van der Waals surface area (Å²) in [6.07, 6.45) is 1.01. The molecule has 0 radical (unpaired) electrons. The molecule has 1 unspecified atom stereocenters. The van der Waals surface area contributed by atoms with Crippen LogP contribution in [0.4, 0.5) is 8.78 Å². The number of hydrogen-bond acceptors (Lipinski definition) is 3. The fraction of sp³-hybridized carbons (Fsp3) is 0.333. The van der Waals surface area contributed by atoms with Crippen molar-refractivity contribution in [2.24, 2.45) is 10.9 Å². The van der Waals surface area contributed by atoms with Crippen molar-refractivity contribution in [1.29, 1.82) is 0 Å². The molecule has 0 aliphatic rings. The van der Waals surface area contributed by atoms with Crippen LogP contribution >= 0.6 is 15.9 Å². The Bertz CT molecular complexity index is 514. The average molecular weight is 350 g/mol. The van der Waals surface area contributed by atoms with Crippen LogP contribution < -0.4 is 11.1 Å². The number of oxime groups is 1. The fourth-order valence-electron chi connectivity index (χ4n) is 1.64. The van der Waals surface area contributed by atoms with Crippen LogP contribution in [0.2, 0.25) is 0 Å². The molecule has 1 aromatic rings. The summed E-state index contributed by atoms with van der Waals surface area (Å²) >= 11 is 2.92. The van der Waals surface area contributed by atoms with E-state index < -0.39 is 29.1 Å². The normalized spacial score (nSPS) is 13.1. The average Bonchev–Trinajstić information content (AvgIpc) is 2.36. The van der Waals surface area contributed by atoms with E-state index in [1.807, 2.05) is 6.92 Å². The van der Waals surface area contributed by atoms with Crippen molar-refractivity contribution in [1.82, 2.24) is 5.32 Å². The van der Waals surface area contributed by atoms with Crippen LogP contribution in [0.25, 0.3) is 0 Å². The molecule has 0 aliphatic heterocycles. The topological polar surface area (TPSA) is 87.7 Å². The monoisotopic (exact) mass is 349 g/mol. The van der Waals surface area contributed by atoms with Crippen molar-refractivity contribution < 1.29 is 18.8 Å². The first kappa shape index (κ1) is 16.4. The predicted molar refractivity (Wildman–Crippen MR) is 73.6 cm³/mol. The molecule has 1 aromatic carbocycles. The zero-order valence-electron chi connectivity index (χ0n) is 10.7. The van der Waals surface area contributed by atoms with Gasteiger partial charge in [-0.1, -0.05) is 34.4 Å². The summed E-state index contributed by atoms with van der Waals surface area (Å²) in [5.41, 5.74) is 4.71. The Morgan fingerprint density at radius 2 is 2.05 bits per heavy atom. The molecule has 0 saturated carbocycles. The lowest BCUT2D eigenvalue weighted by Gasteiger charge is -2.17. The molecule has 0 spiro atoms. The highest BCUT2D eigenvalue weighted by atomic mass is 79.9. The standard InChI is InChI=1S/C12H14BrF2N3O2/c1-2-3-9(11(16)18-20)17-12(19)10-7(14)4-6(13)5-8(10)15/h4-5,9,20H,2-3H2,1H3,(H2,16,18)(H,17,19). The minimum absolute atomic E-state index is 0.186. The summed E-state index contributed by atoms with van der Waals surface area (Å²) in [4.78, 5) is 11.9. The molecule has 1 amide bonds.